The Labute approximate surface area is 67.6 Å². The monoisotopic (exact) mass is 150 g/mol. The first-order valence-electron chi connectivity index (χ1n) is 3.94. The Morgan fingerprint density at radius 1 is 1.55 bits per heavy atom. The number of amides is 1. The zero-order chi connectivity index (χ0) is 9.14. The lowest BCUT2D eigenvalue weighted by Crippen LogP contribution is -2.05. The molecule has 0 aromatic heterocycles. The van der Waals surface area contributed by atoms with Crippen LogP contribution in [0.15, 0.2) is 24.2 Å². The lowest BCUT2D eigenvalue weighted by Gasteiger charge is -2.00. The second-order valence-corrected chi connectivity index (χ2v) is 2.46. The maximum atomic E-state index is 10.7. The molecule has 0 unspecified atom stereocenters. The van der Waals surface area contributed by atoms with Crippen molar-refractivity contribution in [2.45, 2.75) is 13.8 Å². The molecule has 0 fully saturated rings. The summed E-state index contributed by atoms with van der Waals surface area (Å²) >= 11 is 0. The Balaban J connectivity index is 2.93. The summed E-state index contributed by atoms with van der Waals surface area (Å²) in [5.74, 6) is -0.146. The molecule has 1 rings (SSSR count). The van der Waals surface area contributed by atoms with Crippen molar-refractivity contribution in [1.82, 2.24) is 0 Å². The molecule has 2 heteroatoms. The van der Waals surface area contributed by atoms with Crippen LogP contribution in [0.5, 0.6) is 0 Å². The van der Waals surface area contributed by atoms with Gasteiger partial charge in [-0.05, 0) is 19.0 Å². The van der Waals surface area contributed by atoms with Crippen molar-refractivity contribution in [3.8, 4) is 0 Å². The molecule has 0 heterocycles. The molecule has 0 aliphatic carbocycles. The van der Waals surface area contributed by atoms with Crippen molar-refractivity contribution >= 4 is 11.6 Å². The van der Waals surface area contributed by atoms with Crippen LogP contribution in [0, 0.1) is 6.92 Å². The summed E-state index contributed by atoms with van der Waals surface area (Å²) in [4.78, 5) is 10.7. The molecule has 0 aliphatic heterocycles. The van der Waals surface area contributed by atoms with Gasteiger partial charge in [0.25, 0.3) is 0 Å². The molecule has 1 aromatic carbocycles. The number of nitrogens with one attached hydrogen (secondary N) is 1. The van der Waals surface area contributed by atoms with Gasteiger partial charge in [-0.1, -0.05) is 17.7 Å². The molecule has 58 valence electrons. The topological polar surface area (TPSA) is 29.1 Å². The van der Waals surface area contributed by atoms with Gasteiger partial charge in [0.05, 0.1) is 1.37 Å². The molecule has 1 amide bonds. The third-order valence-electron chi connectivity index (χ3n) is 1.28. The second kappa shape index (κ2) is 3.19. The molecule has 1 aromatic rings. The minimum Gasteiger partial charge on any atom is -0.326 e. The van der Waals surface area contributed by atoms with Gasteiger partial charge in [-0.3, -0.25) is 4.79 Å². The Hall–Kier alpha value is -1.31. The van der Waals surface area contributed by atoms with E-state index in [-0.39, 0.29) is 5.91 Å². The lowest BCUT2D eigenvalue weighted by atomic mass is 10.2. The average Bonchev–Trinajstić information content (AvgIpc) is 1.94. The number of anilines is 1. The number of aryl methyl sites for hydroxylation is 1. The van der Waals surface area contributed by atoms with Gasteiger partial charge in [0.2, 0.25) is 5.91 Å². The van der Waals surface area contributed by atoms with E-state index in [0.717, 1.165) is 5.56 Å². The fourth-order valence-corrected chi connectivity index (χ4v) is 0.770. The van der Waals surface area contributed by atoms with E-state index in [4.69, 9.17) is 1.37 Å². The Morgan fingerprint density at radius 2 is 2.27 bits per heavy atom. The van der Waals surface area contributed by atoms with Crippen molar-refractivity contribution in [2.75, 3.05) is 5.32 Å². The van der Waals surface area contributed by atoms with E-state index in [2.05, 4.69) is 5.32 Å². The van der Waals surface area contributed by atoms with Gasteiger partial charge in [-0.25, -0.2) is 0 Å². The molecule has 0 bridgehead atoms. The van der Waals surface area contributed by atoms with Crippen molar-refractivity contribution < 1.29 is 6.17 Å². The van der Waals surface area contributed by atoms with E-state index in [1.54, 1.807) is 12.1 Å². The zero-order valence-electron chi connectivity index (χ0n) is 7.64. The Kier molecular flexibility index (Phi) is 1.86. The van der Waals surface area contributed by atoms with Crippen LogP contribution in [0.1, 0.15) is 13.9 Å². The summed E-state index contributed by atoms with van der Waals surface area (Å²) < 4.78 is 7.49. The van der Waals surface area contributed by atoms with Crippen molar-refractivity contribution in [2.24, 2.45) is 0 Å². The van der Waals surface area contributed by atoms with Crippen molar-refractivity contribution in [3.05, 3.63) is 29.8 Å². The lowest BCUT2D eigenvalue weighted by molar-refractivity contribution is -0.114. The number of hydrogen-bond donors (Lipinski definition) is 1. The van der Waals surface area contributed by atoms with E-state index < -0.39 is 0 Å². The van der Waals surface area contributed by atoms with Crippen LogP contribution >= 0.6 is 0 Å². The van der Waals surface area contributed by atoms with E-state index in [0.29, 0.717) is 11.7 Å². The number of benzene rings is 1. The second-order valence-electron chi connectivity index (χ2n) is 2.46. The normalized spacial score (nSPS) is 10.5. The quantitative estimate of drug-likeness (QED) is 0.651. The summed E-state index contributed by atoms with van der Waals surface area (Å²) in [6, 6.07) is 5.67. The summed E-state index contributed by atoms with van der Waals surface area (Å²) in [7, 11) is 0. The molecule has 0 spiro atoms. The van der Waals surface area contributed by atoms with Crippen LogP contribution in [0.3, 0.4) is 0 Å². The SMILES string of the molecule is [2H]c1cc(C)ccc1NC(C)=O. The predicted molar refractivity (Wildman–Crippen MR) is 45.5 cm³/mol. The first-order chi connectivity index (χ1) is 5.59. The minimum absolute atomic E-state index is 0.146. The van der Waals surface area contributed by atoms with E-state index in [1.807, 2.05) is 13.0 Å². The summed E-state index contributed by atoms with van der Waals surface area (Å²) in [6.07, 6.45) is 0. The van der Waals surface area contributed by atoms with Crippen LogP contribution < -0.4 is 5.32 Å². The van der Waals surface area contributed by atoms with Gasteiger partial charge in [-0.2, -0.15) is 0 Å². The van der Waals surface area contributed by atoms with Gasteiger partial charge in [0, 0.05) is 12.6 Å². The van der Waals surface area contributed by atoms with Gasteiger partial charge in [0.15, 0.2) is 0 Å². The number of hydrogen-bond acceptors (Lipinski definition) is 1. The third kappa shape index (κ3) is 2.42. The van der Waals surface area contributed by atoms with Gasteiger partial charge in [-0.15, -0.1) is 0 Å². The maximum Gasteiger partial charge on any atom is 0.221 e. The van der Waals surface area contributed by atoms with Gasteiger partial charge < -0.3 is 5.32 Å². The van der Waals surface area contributed by atoms with E-state index >= 15 is 0 Å². The summed E-state index contributed by atoms with van der Waals surface area (Å²) in [5.41, 5.74) is 1.59. The molecule has 2 nitrogen and oxygen atoms in total. The van der Waals surface area contributed by atoms with Gasteiger partial charge >= 0.3 is 0 Å². The Bertz CT molecular complexity index is 309. The molecule has 11 heavy (non-hydrogen) atoms. The van der Waals surface area contributed by atoms with Crippen molar-refractivity contribution in [1.29, 1.82) is 0 Å². The first kappa shape index (κ1) is 6.40. The Morgan fingerprint density at radius 3 is 2.82 bits per heavy atom. The maximum absolute atomic E-state index is 10.7. The third-order valence-corrected chi connectivity index (χ3v) is 1.28. The van der Waals surface area contributed by atoms with Crippen LogP contribution in [0.2, 0.25) is 0 Å². The minimum atomic E-state index is -0.146. The molecule has 0 aliphatic rings. The standard InChI is InChI=1S/C9H11NO/c1-7-3-5-9(6-4-7)10-8(2)11/h3-6H,1-2H3,(H,10,11)/i5D. The fraction of sp³-hybridized carbons (Fsp3) is 0.222. The highest BCUT2D eigenvalue weighted by Gasteiger charge is 1.92. The predicted octanol–water partition coefficient (Wildman–Crippen LogP) is 1.95. The highest BCUT2D eigenvalue weighted by Crippen LogP contribution is 2.07. The molecule has 1 N–H and O–H groups in total. The molecule has 0 atom stereocenters. The number of carbonyl (C=O) groups excluding carboxylic acids is 1. The van der Waals surface area contributed by atoms with Crippen LogP contribution in [0.25, 0.3) is 0 Å². The molecule has 0 saturated heterocycles. The highest BCUT2D eigenvalue weighted by atomic mass is 16.1. The molecular weight excluding hydrogens is 138 g/mol. The molecule has 0 radical (unpaired) electrons. The highest BCUT2D eigenvalue weighted by molar-refractivity contribution is 5.88. The molecule has 0 saturated carbocycles. The summed E-state index contributed by atoms with van der Waals surface area (Å²) in [6.45, 7) is 3.34. The number of carbonyl (C=O) groups is 1. The van der Waals surface area contributed by atoms with Crippen LogP contribution in [-0.2, 0) is 4.79 Å². The zero-order valence-corrected chi connectivity index (χ0v) is 6.64. The van der Waals surface area contributed by atoms with Gasteiger partial charge in [0.1, 0.15) is 0 Å². The smallest absolute Gasteiger partial charge is 0.221 e. The number of rotatable bonds is 1. The summed E-state index contributed by atoms with van der Waals surface area (Å²) in [5, 5.41) is 2.57. The van der Waals surface area contributed by atoms with Crippen LogP contribution in [0.4, 0.5) is 5.69 Å². The average molecular weight is 150 g/mol. The first-order valence-corrected chi connectivity index (χ1v) is 3.44. The fourth-order valence-electron chi connectivity index (χ4n) is 0.770. The molecular formula is C9H11NO. The van der Waals surface area contributed by atoms with E-state index in [9.17, 15) is 4.79 Å². The van der Waals surface area contributed by atoms with E-state index in [1.165, 1.54) is 6.92 Å². The largest absolute Gasteiger partial charge is 0.326 e. The van der Waals surface area contributed by atoms with Crippen LogP contribution in [-0.4, -0.2) is 5.91 Å². The van der Waals surface area contributed by atoms with Crippen molar-refractivity contribution in [3.63, 3.8) is 0 Å².